The Labute approximate surface area is 111 Å². The van der Waals surface area contributed by atoms with Crippen molar-refractivity contribution in [2.75, 3.05) is 11.9 Å². The van der Waals surface area contributed by atoms with Gasteiger partial charge in [-0.1, -0.05) is 0 Å². The summed E-state index contributed by atoms with van der Waals surface area (Å²) in [5.74, 6) is -0.465. The molecule has 1 amide bonds. The van der Waals surface area contributed by atoms with Gasteiger partial charge in [0.25, 0.3) is 5.91 Å². The van der Waals surface area contributed by atoms with Crippen molar-refractivity contribution in [3.63, 3.8) is 0 Å². The molecule has 8 nitrogen and oxygen atoms in total. The molecule has 1 unspecified atom stereocenters. The molecule has 0 spiro atoms. The Morgan fingerprint density at radius 1 is 1.58 bits per heavy atom. The van der Waals surface area contributed by atoms with E-state index in [4.69, 9.17) is 9.88 Å². The highest BCUT2D eigenvalue weighted by atomic mass is 32.2. The van der Waals surface area contributed by atoms with Crippen molar-refractivity contribution in [3.8, 4) is 0 Å². The van der Waals surface area contributed by atoms with E-state index in [1.807, 2.05) is 0 Å². The fourth-order valence-corrected chi connectivity index (χ4v) is 2.57. The standard InChI is InChI=1S/C10H16N4O4S/c1-14-6-8(19(11,16)17)9(13-14)12-10(15)7-4-2-3-5-18-7/h6-7H,2-5H2,1H3,(H2,11,16,17)(H,12,13,15). The Balaban J connectivity index is 2.17. The number of ether oxygens (including phenoxy) is 1. The van der Waals surface area contributed by atoms with Crippen LogP contribution in [-0.4, -0.2) is 36.8 Å². The van der Waals surface area contributed by atoms with Crippen molar-refractivity contribution in [2.45, 2.75) is 30.3 Å². The highest BCUT2D eigenvalue weighted by Gasteiger charge is 2.25. The second-order valence-electron chi connectivity index (χ2n) is 4.41. The van der Waals surface area contributed by atoms with Gasteiger partial charge in [0.15, 0.2) is 5.82 Å². The van der Waals surface area contributed by atoms with E-state index in [2.05, 4.69) is 10.4 Å². The van der Waals surface area contributed by atoms with Gasteiger partial charge in [0.1, 0.15) is 11.0 Å². The number of rotatable bonds is 3. The molecule has 1 fully saturated rings. The van der Waals surface area contributed by atoms with Gasteiger partial charge >= 0.3 is 0 Å². The summed E-state index contributed by atoms with van der Waals surface area (Å²) < 4.78 is 29.3. The molecule has 1 aromatic rings. The van der Waals surface area contributed by atoms with Crippen LogP contribution >= 0.6 is 0 Å². The summed E-state index contributed by atoms with van der Waals surface area (Å²) >= 11 is 0. The van der Waals surface area contributed by atoms with Crippen molar-refractivity contribution >= 4 is 21.7 Å². The minimum atomic E-state index is -3.93. The van der Waals surface area contributed by atoms with Crippen LogP contribution < -0.4 is 10.5 Å². The topological polar surface area (TPSA) is 116 Å². The van der Waals surface area contributed by atoms with Gasteiger partial charge in [0.05, 0.1) is 0 Å². The Morgan fingerprint density at radius 2 is 2.32 bits per heavy atom. The zero-order chi connectivity index (χ0) is 14.0. The normalized spacial score (nSPS) is 20.2. The second kappa shape index (κ2) is 5.27. The molecule has 0 aromatic carbocycles. The first-order chi connectivity index (χ1) is 8.88. The number of amides is 1. The molecule has 9 heteroatoms. The summed E-state index contributed by atoms with van der Waals surface area (Å²) in [4.78, 5) is 11.7. The van der Waals surface area contributed by atoms with E-state index in [0.29, 0.717) is 13.0 Å². The predicted octanol–water partition coefficient (Wildman–Crippen LogP) is -0.425. The van der Waals surface area contributed by atoms with E-state index in [1.54, 1.807) is 7.05 Å². The molecular weight excluding hydrogens is 272 g/mol. The van der Waals surface area contributed by atoms with E-state index in [9.17, 15) is 13.2 Å². The smallest absolute Gasteiger partial charge is 0.254 e. The summed E-state index contributed by atoms with van der Waals surface area (Å²) in [7, 11) is -2.38. The van der Waals surface area contributed by atoms with Crippen LogP contribution in [0.3, 0.4) is 0 Å². The van der Waals surface area contributed by atoms with Crippen molar-refractivity contribution < 1.29 is 17.9 Å². The number of carbonyl (C=O) groups is 1. The summed E-state index contributed by atoms with van der Waals surface area (Å²) in [6, 6.07) is 0. The van der Waals surface area contributed by atoms with E-state index in [1.165, 1.54) is 10.9 Å². The first-order valence-electron chi connectivity index (χ1n) is 5.87. The molecule has 0 radical (unpaired) electrons. The molecule has 0 aliphatic carbocycles. The van der Waals surface area contributed by atoms with E-state index >= 15 is 0 Å². The molecule has 1 aliphatic rings. The van der Waals surface area contributed by atoms with Crippen LogP contribution in [-0.2, 0) is 26.6 Å². The molecule has 3 N–H and O–H groups in total. The molecule has 1 aromatic heterocycles. The third-order valence-corrected chi connectivity index (χ3v) is 3.73. The number of nitrogens with zero attached hydrogens (tertiary/aromatic N) is 2. The maximum atomic E-state index is 11.9. The van der Waals surface area contributed by atoms with Crippen LogP contribution in [0.2, 0.25) is 0 Å². The quantitative estimate of drug-likeness (QED) is 0.783. The van der Waals surface area contributed by atoms with E-state index in [0.717, 1.165) is 12.8 Å². The molecule has 2 heterocycles. The number of aryl methyl sites for hydroxylation is 1. The SMILES string of the molecule is Cn1cc(S(N)(=O)=O)c(NC(=O)C2CCCCO2)n1. The number of aromatic nitrogens is 2. The lowest BCUT2D eigenvalue weighted by Gasteiger charge is -2.21. The summed E-state index contributed by atoms with van der Waals surface area (Å²) in [6.07, 6.45) is 3.12. The Hall–Kier alpha value is -1.45. The van der Waals surface area contributed by atoms with Gasteiger partial charge in [0, 0.05) is 19.9 Å². The molecule has 0 saturated carbocycles. The lowest BCUT2D eigenvalue weighted by molar-refractivity contribution is -0.130. The van der Waals surface area contributed by atoms with Gasteiger partial charge in [-0.05, 0) is 19.3 Å². The zero-order valence-electron chi connectivity index (χ0n) is 10.5. The second-order valence-corrected chi connectivity index (χ2v) is 5.93. The summed E-state index contributed by atoms with van der Waals surface area (Å²) in [5, 5.41) is 11.4. The van der Waals surface area contributed by atoms with Crippen LogP contribution in [0.4, 0.5) is 5.82 Å². The molecule has 1 atom stereocenters. The summed E-state index contributed by atoms with van der Waals surface area (Å²) in [5.41, 5.74) is 0. The Bertz CT molecular complexity index is 574. The third-order valence-electron chi connectivity index (χ3n) is 2.82. The molecule has 106 valence electrons. The third kappa shape index (κ3) is 3.31. The van der Waals surface area contributed by atoms with Gasteiger partial charge in [-0.15, -0.1) is 0 Å². The van der Waals surface area contributed by atoms with Crippen LogP contribution in [0.25, 0.3) is 0 Å². The van der Waals surface area contributed by atoms with Gasteiger partial charge in [-0.2, -0.15) is 5.10 Å². The van der Waals surface area contributed by atoms with Crippen LogP contribution in [0.5, 0.6) is 0 Å². The maximum Gasteiger partial charge on any atom is 0.254 e. The van der Waals surface area contributed by atoms with Crippen molar-refractivity contribution in [1.29, 1.82) is 0 Å². The summed E-state index contributed by atoms with van der Waals surface area (Å²) in [6.45, 7) is 0.530. The highest BCUT2D eigenvalue weighted by Crippen LogP contribution is 2.19. The minimum absolute atomic E-state index is 0.0656. The lowest BCUT2D eigenvalue weighted by atomic mass is 10.1. The molecule has 2 rings (SSSR count). The monoisotopic (exact) mass is 288 g/mol. The number of nitrogens with one attached hydrogen (secondary N) is 1. The Morgan fingerprint density at radius 3 is 2.89 bits per heavy atom. The first-order valence-corrected chi connectivity index (χ1v) is 7.41. The number of anilines is 1. The average Bonchev–Trinajstić information content (AvgIpc) is 2.71. The number of sulfonamides is 1. The first kappa shape index (κ1) is 14.0. The molecule has 0 bridgehead atoms. The van der Waals surface area contributed by atoms with Gasteiger partial charge in [-0.3, -0.25) is 9.48 Å². The molecule has 1 saturated heterocycles. The Kier molecular flexibility index (Phi) is 3.88. The van der Waals surface area contributed by atoms with Crippen LogP contribution in [0.1, 0.15) is 19.3 Å². The minimum Gasteiger partial charge on any atom is -0.368 e. The van der Waals surface area contributed by atoms with Gasteiger partial charge < -0.3 is 10.1 Å². The fourth-order valence-electron chi connectivity index (χ4n) is 1.91. The number of nitrogens with two attached hydrogens (primary N) is 1. The fraction of sp³-hybridized carbons (Fsp3) is 0.600. The molecule has 19 heavy (non-hydrogen) atoms. The van der Waals surface area contributed by atoms with Crippen LogP contribution in [0.15, 0.2) is 11.1 Å². The van der Waals surface area contributed by atoms with E-state index in [-0.39, 0.29) is 10.7 Å². The number of hydrogen-bond donors (Lipinski definition) is 2. The van der Waals surface area contributed by atoms with Crippen molar-refractivity contribution in [1.82, 2.24) is 9.78 Å². The number of hydrogen-bond acceptors (Lipinski definition) is 5. The van der Waals surface area contributed by atoms with Crippen LogP contribution in [0, 0.1) is 0 Å². The number of carbonyl (C=O) groups excluding carboxylic acids is 1. The molecular formula is C10H16N4O4S. The van der Waals surface area contributed by atoms with Gasteiger partial charge in [0.2, 0.25) is 10.0 Å². The largest absolute Gasteiger partial charge is 0.368 e. The maximum absolute atomic E-state index is 11.9. The lowest BCUT2D eigenvalue weighted by Crippen LogP contribution is -2.33. The van der Waals surface area contributed by atoms with Gasteiger partial charge in [-0.25, -0.2) is 13.6 Å². The number of primary sulfonamides is 1. The average molecular weight is 288 g/mol. The zero-order valence-corrected chi connectivity index (χ0v) is 11.3. The van der Waals surface area contributed by atoms with Crippen molar-refractivity contribution in [2.24, 2.45) is 12.2 Å². The molecule has 1 aliphatic heterocycles. The van der Waals surface area contributed by atoms with E-state index < -0.39 is 22.0 Å². The van der Waals surface area contributed by atoms with Crippen molar-refractivity contribution in [3.05, 3.63) is 6.20 Å². The predicted molar refractivity (Wildman–Crippen MR) is 66.8 cm³/mol. The highest BCUT2D eigenvalue weighted by molar-refractivity contribution is 7.89.